The minimum atomic E-state index is -0.382. The molecule has 34 heavy (non-hydrogen) atoms. The Kier molecular flexibility index (Phi) is 6.51. The van der Waals surface area contributed by atoms with E-state index in [4.69, 9.17) is 21.3 Å². The Morgan fingerprint density at radius 3 is 2.59 bits per heavy atom. The normalized spacial score (nSPS) is 10.9. The van der Waals surface area contributed by atoms with E-state index in [1.165, 1.54) is 12.0 Å². The molecule has 0 saturated carbocycles. The summed E-state index contributed by atoms with van der Waals surface area (Å²) in [7, 11) is 4.88. The number of methoxy groups -OCH3 is 1. The highest BCUT2D eigenvalue weighted by Crippen LogP contribution is 2.29. The number of hydrogen-bond acceptors (Lipinski definition) is 5. The van der Waals surface area contributed by atoms with Crippen molar-refractivity contribution in [2.24, 2.45) is 7.05 Å². The van der Waals surface area contributed by atoms with E-state index in [-0.39, 0.29) is 18.4 Å². The number of halogens is 1. The van der Waals surface area contributed by atoms with Gasteiger partial charge >= 0.3 is 0 Å². The van der Waals surface area contributed by atoms with Crippen molar-refractivity contribution in [3.05, 3.63) is 70.9 Å². The molecule has 2 aromatic heterocycles. The van der Waals surface area contributed by atoms with Gasteiger partial charge in [-0.05, 0) is 31.2 Å². The second kappa shape index (κ2) is 9.52. The fraction of sp³-hybridized carbons (Fsp3) is 0.200. The highest BCUT2D eigenvalue weighted by molar-refractivity contribution is 6.31. The number of aromatic nitrogens is 3. The summed E-state index contributed by atoms with van der Waals surface area (Å²) < 4.78 is 6.93. The fourth-order valence-electron chi connectivity index (χ4n) is 3.83. The summed E-state index contributed by atoms with van der Waals surface area (Å²) in [4.78, 5) is 32.3. The van der Waals surface area contributed by atoms with Crippen LogP contribution in [0, 0.1) is 6.92 Å². The highest BCUT2D eigenvalue weighted by Gasteiger charge is 2.23. The van der Waals surface area contributed by atoms with Gasteiger partial charge in [0.05, 0.1) is 41.7 Å². The maximum Gasteiger partial charge on any atom is 0.254 e. The molecule has 0 saturated heterocycles. The largest absolute Gasteiger partial charge is 0.495 e. The molecule has 2 heterocycles. The summed E-state index contributed by atoms with van der Waals surface area (Å²) in [5, 5.41) is 8.33. The number of fused-ring (bicyclic) bond motifs is 1. The number of hydrogen-bond donors (Lipinski definition) is 1. The Morgan fingerprint density at radius 1 is 1.15 bits per heavy atom. The van der Waals surface area contributed by atoms with E-state index >= 15 is 0 Å². The van der Waals surface area contributed by atoms with Crippen LogP contribution in [0.5, 0.6) is 5.75 Å². The molecule has 4 aromatic rings. The minimum Gasteiger partial charge on any atom is -0.495 e. The number of anilines is 1. The molecule has 0 unspecified atom stereocenters. The highest BCUT2D eigenvalue weighted by atomic mass is 35.5. The van der Waals surface area contributed by atoms with Crippen LogP contribution in [0.1, 0.15) is 16.1 Å². The molecule has 8 nitrogen and oxygen atoms in total. The lowest BCUT2D eigenvalue weighted by Crippen LogP contribution is -2.35. The molecule has 0 aliphatic heterocycles. The lowest BCUT2D eigenvalue weighted by molar-refractivity contribution is -0.116. The Morgan fingerprint density at radius 2 is 1.88 bits per heavy atom. The maximum absolute atomic E-state index is 13.5. The lowest BCUT2D eigenvalue weighted by atomic mass is 10.0. The quantitative estimate of drug-likeness (QED) is 0.447. The second-order valence-corrected chi connectivity index (χ2v) is 8.32. The van der Waals surface area contributed by atoms with Crippen molar-refractivity contribution in [3.8, 4) is 17.0 Å². The number of ether oxygens (including phenoxy) is 1. The molecule has 4 rings (SSSR count). The van der Waals surface area contributed by atoms with Gasteiger partial charge < -0.3 is 15.0 Å². The predicted molar refractivity (Wildman–Crippen MR) is 132 cm³/mol. The smallest absolute Gasteiger partial charge is 0.254 e. The Labute approximate surface area is 202 Å². The number of carbonyl (C=O) groups excluding carboxylic acids is 2. The average molecular weight is 478 g/mol. The second-order valence-electron chi connectivity index (χ2n) is 7.88. The van der Waals surface area contributed by atoms with E-state index in [1.54, 1.807) is 43.0 Å². The molecule has 0 spiro atoms. The average Bonchev–Trinajstić information content (AvgIpc) is 3.12. The maximum atomic E-state index is 13.5. The van der Waals surface area contributed by atoms with Crippen LogP contribution in [0.25, 0.3) is 22.3 Å². The van der Waals surface area contributed by atoms with Crippen LogP contribution >= 0.6 is 11.6 Å². The third-order valence-corrected chi connectivity index (χ3v) is 5.67. The Balaban J connectivity index is 1.64. The van der Waals surface area contributed by atoms with Gasteiger partial charge in [0.2, 0.25) is 5.91 Å². The number of amides is 2. The van der Waals surface area contributed by atoms with Crippen molar-refractivity contribution in [1.82, 2.24) is 19.7 Å². The van der Waals surface area contributed by atoms with Crippen LogP contribution in [0.3, 0.4) is 0 Å². The van der Waals surface area contributed by atoms with Crippen LogP contribution < -0.4 is 10.1 Å². The summed E-state index contributed by atoms with van der Waals surface area (Å²) in [6, 6.07) is 16.3. The first-order valence-corrected chi connectivity index (χ1v) is 10.9. The third kappa shape index (κ3) is 4.58. The lowest BCUT2D eigenvalue weighted by Gasteiger charge is -2.19. The van der Waals surface area contributed by atoms with E-state index in [9.17, 15) is 9.59 Å². The van der Waals surface area contributed by atoms with Crippen molar-refractivity contribution < 1.29 is 14.3 Å². The van der Waals surface area contributed by atoms with Crippen LogP contribution in [0.15, 0.2) is 54.6 Å². The molecule has 0 fully saturated rings. The molecule has 9 heteroatoms. The standard InChI is InChI=1S/C25H24ClN5O3/c1-15-23-18(13-19(16-8-6-5-7-9-16)28-24(23)31(3)29-15)25(33)30(2)14-22(32)27-20-12-17(26)10-11-21(20)34-4/h5-13H,14H2,1-4H3,(H,27,32). The number of carbonyl (C=O) groups is 2. The van der Waals surface area contributed by atoms with Gasteiger partial charge in [-0.3, -0.25) is 14.3 Å². The Bertz CT molecular complexity index is 1380. The van der Waals surface area contributed by atoms with Crippen LogP contribution in [-0.2, 0) is 11.8 Å². The molecule has 2 aromatic carbocycles. The minimum absolute atomic E-state index is 0.168. The molecule has 2 amide bonds. The summed E-state index contributed by atoms with van der Waals surface area (Å²) in [6.07, 6.45) is 0. The van der Waals surface area contributed by atoms with Gasteiger partial charge in [0.15, 0.2) is 5.65 Å². The SMILES string of the molecule is COc1ccc(Cl)cc1NC(=O)CN(C)C(=O)c1cc(-c2ccccc2)nc2c1c(C)nn2C. The van der Waals surface area contributed by atoms with Crippen molar-refractivity contribution in [1.29, 1.82) is 0 Å². The first-order valence-electron chi connectivity index (χ1n) is 10.6. The molecular formula is C25H24ClN5O3. The summed E-state index contributed by atoms with van der Waals surface area (Å²) in [6.45, 7) is 1.67. The van der Waals surface area contributed by atoms with E-state index < -0.39 is 0 Å². The van der Waals surface area contributed by atoms with Gasteiger partial charge in [-0.25, -0.2) is 4.98 Å². The predicted octanol–water partition coefficient (Wildman–Crippen LogP) is 4.32. The number of nitrogens with one attached hydrogen (secondary N) is 1. The van der Waals surface area contributed by atoms with E-state index in [2.05, 4.69) is 10.4 Å². The van der Waals surface area contributed by atoms with E-state index in [1.807, 2.05) is 37.3 Å². The summed E-state index contributed by atoms with van der Waals surface area (Å²) >= 11 is 6.05. The van der Waals surface area contributed by atoms with Gasteiger partial charge in [-0.1, -0.05) is 41.9 Å². The number of aryl methyl sites for hydroxylation is 2. The van der Waals surface area contributed by atoms with Gasteiger partial charge in [0, 0.05) is 24.7 Å². The van der Waals surface area contributed by atoms with Crippen molar-refractivity contribution in [2.45, 2.75) is 6.92 Å². The van der Waals surface area contributed by atoms with Crippen molar-refractivity contribution in [3.63, 3.8) is 0 Å². The molecule has 0 radical (unpaired) electrons. The molecule has 1 N–H and O–H groups in total. The zero-order valence-electron chi connectivity index (χ0n) is 19.3. The first kappa shape index (κ1) is 23.3. The molecule has 0 bridgehead atoms. The van der Waals surface area contributed by atoms with Crippen molar-refractivity contribution in [2.75, 3.05) is 26.0 Å². The van der Waals surface area contributed by atoms with Crippen molar-refractivity contribution >= 4 is 40.1 Å². The number of pyridine rings is 1. The number of rotatable bonds is 6. The number of likely N-dealkylation sites (N-methyl/N-ethyl adjacent to an activating group) is 1. The third-order valence-electron chi connectivity index (χ3n) is 5.43. The molecule has 174 valence electrons. The summed E-state index contributed by atoms with van der Waals surface area (Å²) in [5.41, 5.74) is 3.69. The number of nitrogens with zero attached hydrogens (tertiary/aromatic N) is 4. The monoisotopic (exact) mass is 477 g/mol. The van der Waals surface area contributed by atoms with Crippen LogP contribution in [0.4, 0.5) is 5.69 Å². The van der Waals surface area contributed by atoms with Gasteiger partial charge in [0.25, 0.3) is 5.91 Å². The van der Waals surface area contributed by atoms with Crippen LogP contribution in [0.2, 0.25) is 5.02 Å². The van der Waals surface area contributed by atoms with E-state index in [0.29, 0.717) is 44.4 Å². The van der Waals surface area contributed by atoms with Gasteiger partial charge in [-0.15, -0.1) is 0 Å². The first-order chi connectivity index (χ1) is 16.3. The Hall–Kier alpha value is -3.91. The topological polar surface area (TPSA) is 89.3 Å². The molecule has 0 atom stereocenters. The van der Waals surface area contributed by atoms with Gasteiger partial charge in [0.1, 0.15) is 5.75 Å². The molecule has 0 aliphatic carbocycles. The van der Waals surface area contributed by atoms with Gasteiger partial charge in [-0.2, -0.15) is 5.10 Å². The molecular weight excluding hydrogens is 454 g/mol. The zero-order chi connectivity index (χ0) is 24.4. The number of benzene rings is 2. The van der Waals surface area contributed by atoms with Crippen LogP contribution in [-0.4, -0.2) is 52.2 Å². The zero-order valence-corrected chi connectivity index (χ0v) is 20.1. The summed E-state index contributed by atoms with van der Waals surface area (Å²) in [5.74, 6) is -0.220. The molecule has 0 aliphatic rings. The van der Waals surface area contributed by atoms with E-state index in [0.717, 1.165) is 5.56 Å². The fourth-order valence-corrected chi connectivity index (χ4v) is 4.00.